The van der Waals surface area contributed by atoms with Gasteiger partial charge in [0, 0.05) is 17.6 Å². The second-order valence-corrected chi connectivity index (χ2v) is 5.88. The lowest BCUT2D eigenvalue weighted by molar-refractivity contribution is 0.459. The van der Waals surface area contributed by atoms with E-state index in [1.165, 1.54) is 25.7 Å². The molecule has 1 heterocycles. The second-order valence-electron chi connectivity index (χ2n) is 4.97. The number of halogens is 1. The molecule has 1 aromatic rings. The van der Waals surface area contributed by atoms with Crippen LogP contribution in [0.1, 0.15) is 38.2 Å². The highest BCUT2D eigenvalue weighted by Gasteiger charge is 2.18. The molecule has 1 unspecified atom stereocenters. The van der Waals surface area contributed by atoms with Crippen molar-refractivity contribution in [1.82, 2.24) is 0 Å². The van der Waals surface area contributed by atoms with E-state index in [2.05, 4.69) is 39.9 Å². The third-order valence-electron chi connectivity index (χ3n) is 3.85. The molecule has 1 atom stereocenters. The SMILES string of the molecule is CCC1CCCN(c2cc(Br)ccc2C#N)CC1. The zero-order chi connectivity index (χ0) is 13.0. The first-order valence-corrected chi connectivity index (χ1v) is 7.48. The third-order valence-corrected chi connectivity index (χ3v) is 4.34. The fourth-order valence-electron chi connectivity index (χ4n) is 2.68. The summed E-state index contributed by atoms with van der Waals surface area (Å²) in [5.41, 5.74) is 1.87. The van der Waals surface area contributed by atoms with Crippen LogP contribution in [-0.2, 0) is 0 Å². The van der Waals surface area contributed by atoms with Crippen LogP contribution in [0.4, 0.5) is 5.69 Å². The maximum atomic E-state index is 9.22. The van der Waals surface area contributed by atoms with E-state index in [1.54, 1.807) is 0 Å². The molecular weight excluding hydrogens is 288 g/mol. The quantitative estimate of drug-likeness (QED) is 0.813. The topological polar surface area (TPSA) is 27.0 Å². The van der Waals surface area contributed by atoms with Gasteiger partial charge < -0.3 is 4.90 Å². The van der Waals surface area contributed by atoms with Gasteiger partial charge in [-0.15, -0.1) is 0 Å². The lowest BCUT2D eigenvalue weighted by Crippen LogP contribution is -2.25. The molecule has 1 aromatic carbocycles. The Morgan fingerprint density at radius 3 is 2.94 bits per heavy atom. The minimum Gasteiger partial charge on any atom is -0.370 e. The van der Waals surface area contributed by atoms with Gasteiger partial charge in [-0.1, -0.05) is 29.3 Å². The van der Waals surface area contributed by atoms with E-state index >= 15 is 0 Å². The van der Waals surface area contributed by atoms with Crippen molar-refractivity contribution in [2.45, 2.75) is 32.6 Å². The van der Waals surface area contributed by atoms with Gasteiger partial charge >= 0.3 is 0 Å². The van der Waals surface area contributed by atoms with Crippen LogP contribution in [0, 0.1) is 17.2 Å². The number of nitrogens with zero attached hydrogens (tertiary/aromatic N) is 2. The Hall–Kier alpha value is -1.01. The van der Waals surface area contributed by atoms with Crippen LogP contribution in [0.25, 0.3) is 0 Å². The van der Waals surface area contributed by atoms with Crippen LogP contribution in [0.15, 0.2) is 22.7 Å². The molecule has 3 heteroatoms. The highest BCUT2D eigenvalue weighted by atomic mass is 79.9. The summed E-state index contributed by atoms with van der Waals surface area (Å²) in [6, 6.07) is 8.22. The standard InChI is InChI=1S/C15H19BrN2/c1-2-12-4-3-8-18(9-7-12)15-10-14(16)6-5-13(15)11-17/h5-6,10,12H,2-4,7-9H2,1H3. The van der Waals surface area contributed by atoms with E-state index in [0.717, 1.165) is 34.7 Å². The molecule has 0 amide bonds. The predicted molar refractivity (Wildman–Crippen MR) is 78.7 cm³/mol. The largest absolute Gasteiger partial charge is 0.370 e. The molecule has 1 saturated heterocycles. The maximum Gasteiger partial charge on any atom is 0.101 e. The van der Waals surface area contributed by atoms with Crippen molar-refractivity contribution in [2.75, 3.05) is 18.0 Å². The van der Waals surface area contributed by atoms with Gasteiger partial charge in [-0.05, 0) is 43.4 Å². The lowest BCUT2D eigenvalue weighted by Gasteiger charge is -2.24. The van der Waals surface area contributed by atoms with E-state index in [1.807, 2.05) is 12.1 Å². The van der Waals surface area contributed by atoms with E-state index in [-0.39, 0.29) is 0 Å². The Bertz CT molecular complexity index is 450. The van der Waals surface area contributed by atoms with Crippen LogP contribution in [0.2, 0.25) is 0 Å². The molecule has 0 radical (unpaired) electrons. The van der Waals surface area contributed by atoms with Gasteiger partial charge in [0.05, 0.1) is 11.3 Å². The molecular formula is C15H19BrN2. The molecule has 0 bridgehead atoms. The Morgan fingerprint density at radius 2 is 2.22 bits per heavy atom. The molecule has 2 rings (SSSR count). The van der Waals surface area contributed by atoms with Gasteiger partial charge in [0.2, 0.25) is 0 Å². The van der Waals surface area contributed by atoms with Gasteiger partial charge in [-0.2, -0.15) is 5.26 Å². The number of hydrogen-bond donors (Lipinski definition) is 0. The first-order valence-electron chi connectivity index (χ1n) is 6.69. The molecule has 0 saturated carbocycles. The summed E-state index contributed by atoms with van der Waals surface area (Å²) in [6.07, 6.45) is 5.07. The highest BCUT2D eigenvalue weighted by Crippen LogP contribution is 2.29. The van der Waals surface area contributed by atoms with E-state index in [9.17, 15) is 5.26 Å². The van der Waals surface area contributed by atoms with Gasteiger partial charge in [-0.3, -0.25) is 0 Å². The van der Waals surface area contributed by atoms with Crippen molar-refractivity contribution in [1.29, 1.82) is 5.26 Å². The predicted octanol–water partition coefficient (Wildman–Crippen LogP) is 4.34. The maximum absolute atomic E-state index is 9.22. The number of nitriles is 1. The minimum atomic E-state index is 0.785. The number of hydrogen-bond acceptors (Lipinski definition) is 2. The van der Waals surface area contributed by atoms with Crippen LogP contribution in [0.3, 0.4) is 0 Å². The van der Waals surface area contributed by atoms with Crippen LogP contribution in [-0.4, -0.2) is 13.1 Å². The number of rotatable bonds is 2. The summed E-state index contributed by atoms with van der Waals surface area (Å²) < 4.78 is 1.05. The minimum absolute atomic E-state index is 0.785. The van der Waals surface area contributed by atoms with E-state index in [0.29, 0.717) is 0 Å². The average Bonchev–Trinajstić information content (AvgIpc) is 2.63. The highest BCUT2D eigenvalue weighted by molar-refractivity contribution is 9.10. The monoisotopic (exact) mass is 306 g/mol. The first-order chi connectivity index (χ1) is 8.74. The molecule has 0 N–H and O–H groups in total. The first kappa shape index (κ1) is 13.4. The van der Waals surface area contributed by atoms with Crippen molar-refractivity contribution in [3.8, 4) is 6.07 Å². The van der Waals surface area contributed by atoms with E-state index in [4.69, 9.17) is 0 Å². The summed E-state index contributed by atoms with van der Waals surface area (Å²) in [6.45, 7) is 4.42. The van der Waals surface area contributed by atoms with Crippen LogP contribution < -0.4 is 4.90 Å². The Morgan fingerprint density at radius 1 is 1.39 bits per heavy atom. The van der Waals surface area contributed by atoms with Crippen molar-refractivity contribution in [2.24, 2.45) is 5.92 Å². The molecule has 2 nitrogen and oxygen atoms in total. The van der Waals surface area contributed by atoms with Crippen molar-refractivity contribution in [3.05, 3.63) is 28.2 Å². The zero-order valence-electron chi connectivity index (χ0n) is 10.8. The molecule has 0 aromatic heterocycles. The Labute approximate surface area is 118 Å². The average molecular weight is 307 g/mol. The van der Waals surface area contributed by atoms with Gasteiger partial charge in [-0.25, -0.2) is 0 Å². The Kier molecular flexibility index (Phi) is 4.66. The van der Waals surface area contributed by atoms with Gasteiger partial charge in [0.1, 0.15) is 6.07 Å². The normalized spacial score (nSPS) is 20.3. The van der Waals surface area contributed by atoms with Crippen LogP contribution in [0.5, 0.6) is 0 Å². The summed E-state index contributed by atoms with van der Waals surface area (Å²) in [5, 5.41) is 9.22. The number of anilines is 1. The molecule has 0 aliphatic carbocycles. The summed E-state index contributed by atoms with van der Waals surface area (Å²) >= 11 is 3.50. The molecule has 96 valence electrons. The summed E-state index contributed by atoms with van der Waals surface area (Å²) in [5.74, 6) is 0.854. The fourth-order valence-corrected chi connectivity index (χ4v) is 3.02. The summed E-state index contributed by atoms with van der Waals surface area (Å²) in [4.78, 5) is 2.37. The van der Waals surface area contributed by atoms with Crippen LogP contribution >= 0.6 is 15.9 Å². The van der Waals surface area contributed by atoms with Crippen molar-refractivity contribution < 1.29 is 0 Å². The molecule has 1 fully saturated rings. The molecule has 1 aliphatic heterocycles. The molecule has 1 aliphatic rings. The third kappa shape index (κ3) is 3.05. The fraction of sp³-hybridized carbons (Fsp3) is 0.533. The van der Waals surface area contributed by atoms with Crippen molar-refractivity contribution in [3.63, 3.8) is 0 Å². The second kappa shape index (κ2) is 6.24. The number of benzene rings is 1. The smallest absolute Gasteiger partial charge is 0.101 e. The van der Waals surface area contributed by atoms with Gasteiger partial charge in [0.25, 0.3) is 0 Å². The molecule has 18 heavy (non-hydrogen) atoms. The molecule has 0 spiro atoms. The van der Waals surface area contributed by atoms with Gasteiger partial charge in [0.15, 0.2) is 0 Å². The zero-order valence-corrected chi connectivity index (χ0v) is 12.4. The Balaban J connectivity index is 2.21. The summed E-state index contributed by atoms with van der Waals surface area (Å²) in [7, 11) is 0. The van der Waals surface area contributed by atoms with E-state index < -0.39 is 0 Å². The van der Waals surface area contributed by atoms with Crippen molar-refractivity contribution >= 4 is 21.6 Å². The lowest BCUT2D eigenvalue weighted by atomic mass is 9.98.